The highest BCUT2D eigenvalue weighted by Crippen LogP contribution is 2.16. The SMILES string of the molecule is Cc1cnc(NCCc2ccccn2)c(=O)n1CC(=O)NCc1cncc2ccccc12. The molecule has 1 aromatic carbocycles. The Morgan fingerprint density at radius 3 is 2.72 bits per heavy atom. The zero-order valence-corrected chi connectivity index (χ0v) is 17.8. The molecule has 32 heavy (non-hydrogen) atoms. The summed E-state index contributed by atoms with van der Waals surface area (Å²) in [6.45, 7) is 2.53. The number of pyridine rings is 2. The van der Waals surface area contributed by atoms with Crippen molar-refractivity contribution < 1.29 is 4.79 Å². The van der Waals surface area contributed by atoms with E-state index >= 15 is 0 Å². The lowest BCUT2D eigenvalue weighted by Gasteiger charge is -2.13. The Hall–Kier alpha value is -4.07. The van der Waals surface area contributed by atoms with Crippen LogP contribution in [0.5, 0.6) is 0 Å². The van der Waals surface area contributed by atoms with Crippen LogP contribution in [-0.2, 0) is 24.3 Å². The van der Waals surface area contributed by atoms with Crippen LogP contribution in [0.25, 0.3) is 10.8 Å². The molecule has 0 saturated carbocycles. The summed E-state index contributed by atoms with van der Waals surface area (Å²) in [5.74, 6) is -0.0358. The highest BCUT2D eigenvalue weighted by Gasteiger charge is 2.12. The molecule has 0 radical (unpaired) electrons. The standard InChI is InChI=1S/C24H24N6O2/c1-17-12-29-23(27-11-9-20-7-4-5-10-26-20)24(32)30(17)16-22(31)28-15-19-14-25-13-18-6-2-3-8-21(18)19/h2-8,10,12-14H,9,11,15-16H2,1H3,(H,27,29)(H,28,31). The first-order valence-electron chi connectivity index (χ1n) is 10.4. The van der Waals surface area contributed by atoms with E-state index in [0.717, 1.165) is 22.0 Å². The van der Waals surface area contributed by atoms with Gasteiger partial charge in [-0.1, -0.05) is 30.3 Å². The van der Waals surface area contributed by atoms with E-state index in [4.69, 9.17) is 0 Å². The number of hydrogen-bond donors (Lipinski definition) is 2. The maximum atomic E-state index is 12.8. The van der Waals surface area contributed by atoms with Gasteiger partial charge in [0.15, 0.2) is 5.82 Å². The average molecular weight is 428 g/mol. The zero-order chi connectivity index (χ0) is 22.3. The van der Waals surface area contributed by atoms with Crippen LogP contribution in [0.3, 0.4) is 0 Å². The number of aromatic nitrogens is 4. The van der Waals surface area contributed by atoms with E-state index in [-0.39, 0.29) is 23.8 Å². The van der Waals surface area contributed by atoms with Gasteiger partial charge in [-0.15, -0.1) is 0 Å². The third-order valence-corrected chi connectivity index (χ3v) is 5.18. The van der Waals surface area contributed by atoms with Gasteiger partial charge in [0.1, 0.15) is 6.54 Å². The first-order valence-corrected chi connectivity index (χ1v) is 10.4. The first kappa shape index (κ1) is 21.2. The third kappa shape index (κ3) is 4.97. The fourth-order valence-electron chi connectivity index (χ4n) is 3.46. The second-order valence-electron chi connectivity index (χ2n) is 7.43. The Balaban J connectivity index is 1.40. The summed E-state index contributed by atoms with van der Waals surface area (Å²) in [5.41, 5.74) is 2.14. The second kappa shape index (κ2) is 9.82. The minimum atomic E-state index is -0.326. The molecule has 4 rings (SSSR count). The molecule has 0 unspecified atom stereocenters. The van der Waals surface area contributed by atoms with Crippen molar-refractivity contribution >= 4 is 22.5 Å². The van der Waals surface area contributed by atoms with Gasteiger partial charge in [-0.3, -0.25) is 24.1 Å². The molecule has 0 aliphatic rings. The number of anilines is 1. The number of carbonyl (C=O) groups is 1. The van der Waals surface area contributed by atoms with Gasteiger partial charge >= 0.3 is 0 Å². The molecule has 2 N–H and O–H groups in total. The van der Waals surface area contributed by atoms with E-state index in [1.165, 1.54) is 4.57 Å². The van der Waals surface area contributed by atoms with E-state index in [0.29, 0.717) is 25.2 Å². The third-order valence-electron chi connectivity index (χ3n) is 5.18. The van der Waals surface area contributed by atoms with Crippen molar-refractivity contribution in [2.45, 2.75) is 26.4 Å². The summed E-state index contributed by atoms with van der Waals surface area (Å²) in [6, 6.07) is 13.6. The molecule has 8 nitrogen and oxygen atoms in total. The molecular weight excluding hydrogens is 404 g/mol. The van der Waals surface area contributed by atoms with E-state index < -0.39 is 0 Å². The van der Waals surface area contributed by atoms with Crippen molar-refractivity contribution in [1.82, 2.24) is 24.8 Å². The van der Waals surface area contributed by atoms with Gasteiger partial charge in [-0.25, -0.2) is 4.98 Å². The summed E-state index contributed by atoms with van der Waals surface area (Å²) < 4.78 is 1.42. The predicted molar refractivity (Wildman–Crippen MR) is 123 cm³/mol. The highest BCUT2D eigenvalue weighted by molar-refractivity contribution is 5.85. The molecule has 0 spiro atoms. The van der Waals surface area contributed by atoms with E-state index in [1.54, 1.807) is 31.7 Å². The number of nitrogens with zero attached hydrogens (tertiary/aromatic N) is 4. The average Bonchev–Trinajstić information content (AvgIpc) is 2.82. The summed E-state index contributed by atoms with van der Waals surface area (Å²) in [5, 5.41) is 8.00. The monoisotopic (exact) mass is 428 g/mol. The quantitative estimate of drug-likeness (QED) is 0.447. The minimum absolute atomic E-state index is 0.0830. The predicted octanol–water partition coefficient (Wildman–Crippen LogP) is 2.47. The fraction of sp³-hybridized carbons (Fsp3) is 0.208. The highest BCUT2D eigenvalue weighted by atomic mass is 16.2. The van der Waals surface area contributed by atoms with Gasteiger partial charge < -0.3 is 10.6 Å². The Labute approximate surface area is 185 Å². The van der Waals surface area contributed by atoms with Gasteiger partial charge in [-0.2, -0.15) is 0 Å². The largest absolute Gasteiger partial charge is 0.365 e. The number of hydrogen-bond acceptors (Lipinski definition) is 6. The van der Waals surface area contributed by atoms with Crippen LogP contribution in [0.15, 0.2) is 72.0 Å². The van der Waals surface area contributed by atoms with Crippen molar-refractivity contribution in [2.75, 3.05) is 11.9 Å². The maximum absolute atomic E-state index is 12.8. The van der Waals surface area contributed by atoms with Crippen molar-refractivity contribution in [3.05, 3.63) is 94.6 Å². The second-order valence-corrected chi connectivity index (χ2v) is 7.43. The molecule has 162 valence electrons. The Morgan fingerprint density at radius 2 is 1.88 bits per heavy atom. The smallest absolute Gasteiger partial charge is 0.293 e. The van der Waals surface area contributed by atoms with E-state index in [1.807, 2.05) is 42.5 Å². The topological polar surface area (TPSA) is 102 Å². The van der Waals surface area contributed by atoms with Crippen LogP contribution in [0, 0.1) is 6.92 Å². The molecule has 0 aliphatic heterocycles. The summed E-state index contributed by atoms with van der Waals surface area (Å²) in [4.78, 5) is 38.1. The number of benzene rings is 1. The number of rotatable bonds is 8. The summed E-state index contributed by atoms with van der Waals surface area (Å²) in [6.07, 6.45) is 7.53. The molecule has 3 heterocycles. The van der Waals surface area contributed by atoms with E-state index in [2.05, 4.69) is 25.6 Å². The van der Waals surface area contributed by atoms with Crippen LogP contribution in [0.4, 0.5) is 5.82 Å². The lowest BCUT2D eigenvalue weighted by atomic mass is 10.1. The van der Waals surface area contributed by atoms with Gasteiger partial charge in [0.2, 0.25) is 5.91 Å². The number of amides is 1. The van der Waals surface area contributed by atoms with Gasteiger partial charge in [-0.05, 0) is 30.0 Å². The fourth-order valence-corrected chi connectivity index (χ4v) is 3.46. The van der Waals surface area contributed by atoms with Crippen molar-refractivity contribution in [3.8, 4) is 0 Å². The Kier molecular flexibility index (Phi) is 6.50. The van der Waals surface area contributed by atoms with Crippen molar-refractivity contribution in [2.24, 2.45) is 0 Å². The normalized spacial score (nSPS) is 10.8. The molecule has 3 aromatic heterocycles. The van der Waals surface area contributed by atoms with Crippen molar-refractivity contribution in [3.63, 3.8) is 0 Å². The minimum Gasteiger partial charge on any atom is -0.365 e. The molecule has 0 fully saturated rings. The molecule has 0 bridgehead atoms. The molecule has 4 aromatic rings. The van der Waals surface area contributed by atoms with Crippen molar-refractivity contribution in [1.29, 1.82) is 0 Å². The van der Waals surface area contributed by atoms with Crippen LogP contribution < -0.4 is 16.2 Å². The molecule has 0 atom stereocenters. The van der Waals surface area contributed by atoms with Gasteiger partial charge in [0.25, 0.3) is 5.56 Å². The lowest BCUT2D eigenvalue weighted by Crippen LogP contribution is -2.34. The number of fused-ring (bicyclic) bond motifs is 1. The van der Waals surface area contributed by atoms with E-state index in [9.17, 15) is 9.59 Å². The number of carbonyl (C=O) groups excluding carboxylic acids is 1. The van der Waals surface area contributed by atoms with Crippen LogP contribution in [0.2, 0.25) is 0 Å². The van der Waals surface area contributed by atoms with Crippen LogP contribution >= 0.6 is 0 Å². The number of aryl methyl sites for hydroxylation is 1. The molecule has 0 aliphatic carbocycles. The van der Waals surface area contributed by atoms with Gasteiger partial charge in [0, 0.05) is 61.1 Å². The molecule has 8 heteroatoms. The molecule has 1 amide bonds. The van der Waals surface area contributed by atoms with Crippen LogP contribution in [0.1, 0.15) is 17.0 Å². The molecular formula is C24H24N6O2. The zero-order valence-electron chi connectivity index (χ0n) is 17.8. The lowest BCUT2D eigenvalue weighted by molar-refractivity contribution is -0.121. The maximum Gasteiger partial charge on any atom is 0.293 e. The Morgan fingerprint density at radius 1 is 1.03 bits per heavy atom. The Bertz CT molecular complexity index is 1280. The first-order chi connectivity index (χ1) is 15.6. The number of nitrogens with one attached hydrogen (secondary N) is 2. The summed E-state index contributed by atoms with van der Waals surface area (Å²) >= 11 is 0. The van der Waals surface area contributed by atoms with Gasteiger partial charge in [0.05, 0.1) is 0 Å². The molecule has 0 saturated heterocycles. The summed E-state index contributed by atoms with van der Waals surface area (Å²) in [7, 11) is 0. The van der Waals surface area contributed by atoms with Crippen LogP contribution in [-0.4, -0.2) is 32.0 Å².